The summed E-state index contributed by atoms with van der Waals surface area (Å²) in [6.45, 7) is 0. The lowest BCUT2D eigenvalue weighted by atomic mass is 10.1. The van der Waals surface area contributed by atoms with Crippen molar-refractivity contribution in [1.29, 1.82) is 0 Å². The van der Waals surface area contributed by atoms with Crippen LogP contribution in [0, 0.1) is 5.82 Å². The van der Waals surface area contributed by atoms with Crippen molar-refractivity contribution in [1.82, 2.24) is 5.43 Å². The predicted octanol–water partition coefficient (Wildman–Crippen LogP) is 1.53. The molecule has 0 saturated carbocycles. The van der Waals surface area contributed by atoms with Crippen LogP contribution in [0.2, 0.25) is 0 Å². The van der Waals surface area contributed by atoms with Crippen molar-refractivity contribution >= 4 is 25.8 Å². The molecule has 0 spiro atoms. The highest BCUT2D eigenvalue weighted by Crippen LogP contribution is 2.26. The van der Waals surface area contributed by atoms with Crippen LogP contribution in [-0.4, -0.2) is 20.4 Å². The molecule has 17 heavy (non-hydrogen) atoms. The zero-order valence-electron chi connectivity index (χ0n) is 9.28. The summed E-state index contributed by atoms with van der Waals surface area (Å²) in [4.78, 5) is 0. The van der Waals surface area contributed by atoms with Gasteiger partial charge in [-0.15, -0.1) is 0 Å². The van der Waals surface area contributed by atoms with E-state index in [1.165, 1.54) is 12.1 Å². The summed E-state index contributed by atoms with van der Waals surface area (Å²) in [7, 11) is -3.06. The summed E-state index contributed by atoms with van der Waals surface area (Å²) in [6, 6.07) is 3.80. The van der Waals surface area contributed by atoms with Gasteiger partial charge in [0.15, 0.2) is 0 Å². The van der Waals surface area contributed by atoms with Crippen molar-refractivity contribution in [3.63, 3.8) is 0 Å². The molecule has 0 aromatic heterocycles. The number of hydrogen-bond acceptors (Lipinski definition) is 4. The van der Waals surface area contributed by atoms with Crippen LogP contribution in [0.15, 0.2) is 22.7 Å². The fraction of sp³-hybridized carbons (Fsp3) is 0.400. The number of sulfone groups is 1. The second kappa shape index (κ2) is 5.90. The lowest BCUT2D eigenvalue weighted by molar-refractivity contribution is 0.524. The number of benzene rings is 1. The monoisotopic (exact) mass is 324 g/mol. The van der Waals surface area contributed by atoms with Crippen LogP contribution in [0.1, 0.15) is 18.0 Å². The van der Waals surface area contributed by atoms with Crippen LogP contribution < -0.4 is 11.3 Å². The maximum atomic E-state index is 13.1. The first-order valence-electron chi connectivity index (χ1n) is 4.92. The van der Waals surface area contributed by atoms with E-state index in [2.05, 4.69) is 21.4 Å². The van der Waals surface area contributed by atoms with Crippen LogP contribution >= 0.6 is 15.9 Å². The molecule has 0 fully saturated rings. The second-order valence-corrected chi connectivity index (χ2v) is 6.92. The Balaban J connectivity index is 2.90. The van der Waals surface area contributed by atoms with Crippen LogP contribution in [0.4, 0.5) is 4.39 Å². The summed E-state index contributed by atoms with van der Waals surface area (Å²) < 4.78 is 36.0. The Morgan fingerprint density at radius 3 is 2.71 bits per heavy atom. The molecule has 1 aromatic rings. The first-order chi connectivity index (χ1) is 7.83. The van der Waals surface area contributed by atoms with Gasteiger partial charge in [-0.3, -0.25) is 11.3 Å². The highest BCUT2D eigenvalue weighted by atomic mass is 79.9. The average molecular weight is 325 g/mol. The normalized spacial score (nSPS) is 13.6. The average Bonchev–Trinajstić information content (AvgIpc) is 2.22. The van der Waals surface area contributed by atoms with Crippen LogP contribution in [0.5, 0.6) is 0 Å². The highest BCUT2D eigenvalue weighted by Gasteiger charge is 2.16. The lowest BCUT2D eigenvalue weighted by Crippen LogP contribution is -2.30. The molecule has 1 rings (SSSR count). The Morgan fingerprint density at radius 1 is 1.53 bits per heavy atom. The van der Waals surface area contributed by atoms with Gasteiger partial charge in [-0.2, -0.15) is 0 Å². The molecule has 0 bridgehead atoms. The second-order valence-electron chi connectivity index (χ2n) is 3.80. The van der Waals surface area contributed by atoms with Crippen molar-refractivity contribution in [2.24, 2.45) is 5.84 Å². The van der Waals surface area contributed by atoms with Gasteiger partial charge in [-0.05, 0) is 30.2 Å². The molecule has 1 unspecified atom stereocenters. The van der Waals surface area contributed by atoms with Gasteiger partial charge >= 0.3 is 0 Å². The summed E-state index contributed by atoms with van der Waals surface area (Å²) in [6.07, 6.45) is 1.44. The van der Waals surface area contributed by atoms with Gasteiger partial charge in [0.1, 0.15) is 15.7 Å². The molecule has 0 radical (unpaired) electrons. The molecule has 1 aromatic carbocycles. The summed E-state index contributed by atoms with van der Waals surface area (Å²) >= 11 is 3.28. The van der Waals surface area contributed by atoms with Gasteiger partial charge in [-0.25, -0.2) is 12.8 Å². The van der Waals surface area contributed by atoms with E-state index in [1.807, 2.05) is 0 Å². The zero-order chi connectivity index (χ0) is 13.1. The molecular formula is C10H14BrFN2O2S. The summed E-state index contributed by atoms with van der Waals surface area (Å²) in [5.74, 6) is 4.97. The maximum Gasteiger partial charge on any atom is 0.147 e. The summed E-state index contributed by atoms with van der Waals surface area (Å²) in [5, 5.41) is 0. The number of nitrogens with two attached hydrogens (primary N) is 1. The van der Waals surface area contributed by atoms with E-state index < -0.39 is 15.9 Å². The molecule has 4 nitrogen and oxygen atoms in total. The Labute approximate surface area is 108 Å². The Morgan fingerprint density at radius 2 is 2.18 bits per heavy atom. The summed E-state index contributed by atoms with van der Waals surface area (Å²) in [5.41, 5.74) is 3.11. The number of halogens is 2. The number of hydrogen-bond donors (Lipinski definition) is 2. The molecule has 7 heteroatoms. The predicted molar refractivity (Wildman–Crippen MR) is 68.5 cm³/mol. The maximum absolute atomic E-state index is 13.1. The molecule has 0 heterocycles. The molecule has 0 saturated heterocycles. The minimum atomic E-state index is -3.06. The zero-order valence-corrected chi connectivity index (χ0v) is 11.7. The third-order valence-electron chi connectivity index (χ3n) is 2.31. The Hall–Kier alpha value is -0.500. The molecule has 3 N–H and O–H groups in total. The largest absolute Gasteiger partial charge is 0.271 e. The van der Waals surface area contributed by atoms with Gasteiger partial charge < -0.3 is 0 Å². The van der Waals surface area contributed by atoms with Crippen molar-refractivity contribution in [2.75, 3.05) is 12.0 Å². The van der Waals surface area contributed by atoms with E-state index in [9.17, 15) is 12.8 Å². The highest BCUT2D eigenvalue weighted by molar-refractivity contribution is 9.10. The number of nitrogens with one attached hydrogen (secondary N) is 1. The van der Waals surface area contributed by atoms with Crippen molar-refractivity contribution < 1.29 is 12.8 Å². The first kappa shape index (κ1) is 14.6. The standard InChI is InChI=1S/C10H14BrFN2O2S/c1-17(15,16)5-4-10(14-13)8-6-7(12)2-3-9(8)11/h2-3,6,10,14H,4-5,13H2,1H3. The van der Waals surface area contributed by atoms with Gasteiger partial charge in [0.2, 0.25) is 0 Å². The molecule has 0 aliphatic rings. The molecule has 0 aliphatic carbocycles. The number of hydrazine groups is 1. The van der Waals surface area contributed by atoms with Crippen molar-refractivity contribution in [3.05, 3.63) is 34.1 Å². The van der Waals surface area contributed by atoms with Crippen molar-refractivity contribution in [2.45, 2.75) is 12.5 Å². The fourth-order valence-corrected chi connectivity index (χ4v) is 2.63. The lowest BCUT2D eigenvalue weighted by Gasteiger charge is -2.17. The smallest absolute Gasteiger partial charge is 0.147 e. The van der Waals surface area contributed by atoms with E-state index in [-0.39, 0.29) is 18.0 Å². The van der Waals surface area contributed by atoms with Crippen LogP contribution in [-0.2, 0) is 9.84 Å². The Kier molecular flexibility index (Phi) is 5.05. The Bertz CT molecular complexity index is 493. The molecule has 96 valence electrons. The van der Waals surface area contributed by atoms with Crippen LogP contribution in [0.25, 0.3) is 0 Å². The quantitative estimate of drug-likeness (QED) is 0.636. The van der Waals surface area contributed by atoms with Crippen molar-refractivity contribution in [3.8, 4) is 0 Å². The van der Waals surface area contributed by atoms with Gasteiger partial charge in [0.05, 0.1) is 5.75 Å². The van der Waals surface area contributed by atoms with E-state index in [0.717, 1.165) is 6.26 Å². The third-order valence-corrected chi connectivity index (χ3v) is 4.01. The molecule has 1 atom stereocenters. The fourth-order valence-electron chi connectivity index (χ4n) is 1.44. The van der Waals surface area contributed by atoms with E-state index in [1.54, 1.807) is 6.07 Å². The van der Waals surface area contributed by atoms with Crippen LogP contribution in [0.3, 0.4) is 0 Å². The topological polar surface area (TPSA) is 72.2 Å². The first-order valence-corrected chi connectivity index (χ1v) is 7.77. The minimum absolute atomic E-state index is 0.00911. The van der Waals surface area contributed by atoms with Gasteiger partial charge in [-0.1, -0.05) is 15.9 Å². The van der Waals surface area contributed by atoms with E-state index in [0.29, 0.717) is 10.0 Å². The van der Waals surface area contributed by atoms with E-state index in [4.69, 9.17) is 5.84 Å². The number of rotatable bonds is 5. The molecule has 0 aliphatic heterocycles. The van der Waals surface area contributed by atoms with E-state index >= 15 is 0 Å². The third kappa shape index (κ3) is 4.71. The molecule has 0 amide bonds. The van der Waals surface area contributed by atoms with Gasteiger partial charge in [0.25, 0.3) is 0 Å². The molecular weight excluding hydrogens is 311 g/mol. The minimum Gasteiger partial charge on any atom is -0.271 e. The van der Waals surface area contributed by atoms with Gasteiger partial charge in [0, 0.05) is 16.8 Å². The SMILES string of the molecule is CS(=O)(=O)CCC(NN)c1cc(F)ccc1Br.